The van der Waals surface area contributed by atoms with Crippen LogP contribution in [0.15, 0.2) is 36.5 Å². The number of hydrogen-bond acceptors (Lipinski definition) is 6. The topological polar surface area (TPSA) is 78.4 Å². The van der Waals surface area contributed by atoms with Gasteiger partial charge in [0.2, 0.25) is 11.8 Å². The summed E-state index contributed by atoms with van der Waals surface area (Å²) in [5.74, 6) is -0.104. The third kappa shape index (κ3) is 4.59. The molecule has 1 saturated heterocycles. The summed E-state index contributed by atoms with van der Waals surface area (Å²) in [4.78, 5) is 38.8. The molecule has 1 fully saturated rings. The van der Waals surface area contributed by atoms with E-state index in [4.69, 9.17) is 0 Å². The van der Waals surface area contributed by atoms with Crippen LogP contribution in [0.4, 0.5) is 10.8 Å². The number of benzene rings is 1. The molecule has 1 N–H and O–H groups in total. The third-order valence-corrected chi connectivity index (χ3v) is 6.32. The Hall–Kier alpha value is -3.00. The second-order valence-corrected chi connectivity index (χ2v) is 8.51. The van der Waals surface area contributed by atoms with Gasteiger partial charge in [0.05, 0.1) is 0 Å². The lowest BCUT2D eigenvalue weighted by Crippen LogP contribution is -2.48. The summed E-state index contributed by atoms with van der Waals surface area (Å²) in [6.07, 6.45) is 2.19. The lowest BCUT2D eigenvalue weighted by Gasteiger charge is -2.34. The maximum atomic E-state index is 12.6. The van der Waals surface area contributed by atoms with E-state index in [1.165, 1.54) is 0 Å². The summed E-state index contributed by atoms with van der Waals surface area (Å²) >= 11 is 1.58. The van der Waals surface area contributed by atoms with E-state index < -0.39 is 0 Å². The van der Waals surface area contributed by atoms with Crippen molar-refractivity contribution in [3.05, 3.63) is 47.7 Å². The molecule has 2 amide bonds. The molecule has 0 saturated carbocycles. The smallest absolute Gasteiger partial charge is 0.224 e. The number of amides is 2. The number of carbonyl (C=O) groups excluding carboxylic acids is 2. The van der Waals surface area contributed by atoms with Crippen LogP contribution in [-0.4, -0.2) is 52.9 Å². The first-order chi connectivity index (χ1) is 14.5. The highest BCUT2D eigenvalue weighted by molar-refractivity contribution is 7.21. The van der Waals surface area contributed by atoms with Gasteiger partial charge in [0.15, 0.2) is 5.13 Å². The lowest BCUT2D eigenvalue weighted by atomic mass is 10.1. The van der Waals surface area contributed by atoms with Crippen LogP contribution in [0, 0.1) is 13.8 Å². The largest absolute Gasteiger partial charge is 0.344 e. The number of fused-ring (bicyclic) bond motifs is 1. The number of hydrogen-bond donors (Lipinski definition) is 1. The van der Waals surface area contributed by atoms with Gasteiger partial charge in [-0.15, -0.1) is 0 Å². The minimum absolute atomic E-state index is 0.0244. The summed E-state index contributed by atoms with van der Waals surface area (Å²) in [7, 11) is 0. The minimum atomic E-state index is -0.129. The van der Waals surface area contributed by atoms with Crippen LogP contribution in [0.3, 0.4) is 0 Å². The van der Waals surface area contributed by atoms with E-state index in [0.717, 1.165) is 45.4 Å². The summed E-state index contributed by atoms with van der Waals surface area (Å²) < 4.78 is 0. The zero-order chi connectivity index (χ0) is 21.1. The van der Waals surface area contributed by atoms with Crippen LogP contribution in [0.1, 0.15) is 24.0 Å². The first kappa shape index (κ1) is 20.3. The molecule has 1 aliphatic heterocycles. The van der Waals surface area contributed by atoms with Crippen molar-refractivity contribution in [1.29, 1.82) is 0 Å². The number of nitrogens with one attached hydrogen (secondary N) is 1. The van der Waals surface area contributed by atoms with Gasteiger partial charge >= 0.3 is 0 Å². The molecule has 0 radical (unpaired) electrons. The third-order valence-electron chi connectivity index (χ3n) is 5.28. The van der Waals surface area contributed by atoms with Crippen molar-refractivity contribution in [3.8, 4) is 0 Å². The van der Waals surface area contributed by atoms with E-state index in [1.807, 2.05) is 49.1 Å². The van der Waals surface area contributed by atoms with Gasteiger partial charge in [-0.2, -0.15) is 0 Å². The summed E-state index contributed by atoms with van der Waals surface area (Å²) in [6, 6.07) is 9.75. The first-order valence-corrected chi connectivity index (χ1v) is 10.9. The molecule has 1 aliphatic rings. The van der Waals surface area contributed by atoms with Gasteiger partial charge in [-0.25, -0.2) is 9.97 Å². The number of aryl methyl sites for hydroxylation is 2. The highest BCUT2D eigenvalue weighted by Crippen LogP contribution is 2.27. The van der Waals surface area contributed by atoms with Crippen molar-refractivity contribution < 1.29 is 9.59 Å². The summed E-state index contributed by atoms with van der Waals surface area (Å²) in [6.45, 7) is 6.74. The highest BCUT2D eigenvalue weighted by atomic mass is 32.1. The summed E-state index contributed by atoms with van der Waals surface area (Å²) in [5.41, 5.74) is 3.89. The molecule has 7 nitrogen and oxygen atoms in total. The van der Waals surface area contributed by atoms with Crippen molar-refractivity contribution in [2.24, 2.45) is 0 Å². The first-order valence-electron chi connectivity index (χ1n) is 10.1. The van der Waals surface area contributed by atoms with Crippen molar-refractivity contribution >= 4 is 44.3 Å². The second kappa shape index (κ2) is 8.79. The maximum absolute atomic E-state index is 12.6. The maximum Gasteiger partial charge on any atom is 0.224 e. The van der Waals surface area contributed by atoms with Gasteiger partial charge in [0.1, 0.15) is 10.3 Å². The molecule has 4 rings (SSSR count). The van der Waals surface area contributed by atoms with E-state index in [2.05, 4.69) is 20.2 Å². The number of carbonyl (C=O) groups is 2. The van der Waals surface area contributed by atoms with Gasteiger partial charge in [-0.3, -0.25) is 9.59 Å². The number of pyridine rings is 1. The highest BCUT2D eigenvalue weighted by Gasteiger charge is 2.23. The zero-order valence-corrected chi connectivity index (χ0v) is 18.0. The SMILES string of the molecule is Cc1ccc(NC(=O)CCC(=O)N2CCN(c3nc4cccnc4s3)CC2)c(C)c1. The average molecular weight is 424 g/mol. The molecule has 3 heterocycles. The Morgan fingerprint density at radius 2 is 1.90 bits per heavy atom. The molecule has 3 aromatic rings. The van der Waals surface area contributed by atoms with E-state index in [9.17, 15) is 9.59 Å². The lowest BCUT2D eigenvalue weighted by molar-refractivity contribution is -0.133. The fourth-order valence-corrected chi connectivity index (χ4v) is 4.55. The van der Waals surface area contributed by atoms with E-state index in [0.29, 0.717) is 13.1 Å². The van der Waals surface area contributed by atoms with E-state index >= 15 is 0 Å². The molecule has 0 spiro atoms. The molecule has 0 atom stereocenters. The monoisotopic (exact) mass is 423 g/mol. The Morgan fingerprint density at radius 3 is 2.63 bits per heavy atom. The van der Waals surface area contributed by atoms with Gasteiger partial charge in [0.25, 0.3) is 0 Å². The van der Waals surface area contributed by atoms with Crippen LogP contribution in [-0.2, 0) is 9.59 Å². The number of rotatable bonds is 5. The molecule has 0 unspecified atom stereocenters. The zero-order valence-electron chi connectivity index (χ0n) is 17.2. The number of piperazine rings is 1. The van der Waals surface area contributed by atoms with Crippen molar-refractivity contribution in [1.82, 2.24) is 14.9 Å². The fourth-order valence-electron chi connectivity index (χ4n) is 3.59. The molecular weight excluding hydrogens is 398 g/mol. The fraction of sp³-hybridized carbons (Fsp3) is 0.364. The van der Waals surface area contributed by atoms with E-state index in [-0.39, 0.29) is 24.7 Å². The minimum Gasteiger partial charge on any atom is -0.344 e. The Morgan fingerprint density at radius 1 is 1.10 bits per heavy atom. The molecule has 0 bridgehead atoms. The standard InChI is InChI=1S/C22H25N5O2S/c1-15-5-6-17(16(2)14-15)24-19(28)7-8-20(29)26-10-12-27(13-11-26)22-25-18-4-3-9-23-21(18)30-22/h3-6,9,14H,7-8,10-13H2,1-2H3,(H,24,28). The Kier molecular flexibility index (Phi) is 5.94. The van der Waals surface area contributed by atoms with Crippen LogP contribution in [0.5, 0.6) is 0 Å². The predicted molar refractivity (Wildman–Crippen MR) is 120 cm³/mol. The van der Waals surface area contributed by atoms with Crippen molar-refractivity contribution in [3.63, 3.8) is 0 Å². The van der Waals surface area contributed by atoms with Crippen LogP contribution in [0.2, 0.25) is 0 Å². The molecule has 2 aromatic heterocycles. The molecule has 1 aromatic carbocycles. The van der Waals surface area contributed by atoms with Gasteiger partial charge in [0, 0.05) is 50.9 Å². The van der Waals surface area contributed by atoms with Crippen molar-refractivity contribution in [2.75, 3.05) is 36.4 Å². The van der Waals surface area contributed by atoms with Crippen LogP contribution in [0.25, 0.3) is 10.3 Å². The average Bonchev–Trinajstić information content (AvgIpc) is 3.18. The molecule has 156 valence electrons. The predicted octanol–water partition coefficient (Wildman–Crippen LogP) is 3.38. The van der Waals surface area contributed by atoms with Crippen LogP contribution >= 0.6 is 11.3 Å². The van der Waals surface area contributed by atoms with Crippen LogP contribution < -0.4 is 10.2 Å². The normalized spacial score (nSPS) is 14.2. The molecular formula is C22H25N5O2S. The van der Waals surface area contributed by atoms with Gasteiger partial charge in [-0.1, -0.05) is 29.0 Å². The molecule has 0 aliphatic carbocycles. The number of anilines is 2. The number of aromatic nitrogens is 2. The van der Waals surface area contributed by atoms with Crippen molar-refractivity contribution in [2.45, 2.75) is 26.7 Å². The number of nitrogens with zero attached hydrogens (tertiary/aromatic N) is 4. The Labute approximate surface area is 179 Å². The Bertz CT molecular complexity index is 1040. The second-order valence-electron chi connectivity index (χ2n) is 7.56. The van der Waals surface area contributed by atoms with E-state index in [1.54, 1.807) is 17.5 Å². The summed E-state index contributed by atoms with van der Waals surface area (Å²) in [5, 5.41) is 3.85. The quantitative estimate of drug-likeness (QED) is 0.681. The van der Waals surface area contributed by atoms with Gasteiger partial charge in [-0.05, 0) is 37.6 Å². The molecule has 8 heteroatoms. The number of thiazole rings is 1. The molecule has 30 heavy (non-hydrogen) atoms. The Balaban J connectivity index is 1.25. The van der Waals surface area contributed by atoms with Gasteiger partial charge < -0.3 is 15.1 Å².